The second-order valence-electron chi connectivity index (χ2n) is 5.45. The first-order chi connectivity index (χ1) is 6.04. The van der Waals surface area contributed by atoms with E-state index in [4.69, 9.17) is 4.74 Å². The predicted molar refractivity (Wildman–Crippen MR) is 53.8 cm³/mol. The first kappa shape index (κ1) is 9.47. The van der Waals surface area contributed by atoms with Crippen molar-refractivity contribution in [2.24, 2.45) is 5.92 Å². The Hall–Kier alpha value is -0.0800. The molecule has 0 aromatic carbocycles. The number of hydrogen-bond donors (Lipinski definition) is 1. The molecule has 1 saturated carbocycles. The van der Waals surface area contributed by atoms with Crippen LogP contribution in [0.3, 0.4) is 0 Å². The van der Waals surface area contributed by atoms with Gasteiger partial charge in [-0.2, -0.15) is 0 Å². The fraction of sp³-hybridized carbons (Fsp3) is 1.00. The van der Waals surface area contributed by atoms with E-state index in [0.717, 1.165) is 12.0 Å². The Labute approximate surface area is 81.0 Å². The van der Waals surface area contributed by atoms with Crippen LogP contribution in [0.4, 0.5) is 0 Å². The van der Waals surface area contributed by atoms with Crippen LogP contribution in [0.15, 0.2) is 0 Å². The van der Waals surface area contributed by atoms with Crippen molar-refractivity contribution in [1.29, 1.82) is 0 Å². The molecule has 2 saturated heterocycles. The molecule has 0 radical (unpaired) electrons. The topological polar surface area (TPSA) is 21.3 Å². The highest BCUT2D eigenvalue weighted by Gasteiger charge is 2.37. The zero-order chi connectivity index (χ0) is 9.47. The van der Waals surface area contributed by atoms with Gasteiger partial charge in [0.25, 0.3) is 0 Å². The van der Waals surface area contributed by atoms with E-state index in [0.29, 0.717) is 6.10 Å². The molecule has 3 aliphatic rings. The van der Waals surface area contributed by atoms with E-state index in [-0.39, 0.29) is 5.60 Å². The highest BCUT2D eigenvalue weighted by atomic mass is 16.5. The summed E-state index contributed by atoms with van der Waals surface area (Å²) in [5.41, 5.74) is 0.0299. The third kappa shape index (κ3) is 2.23. The predicted octanol–water partition coefficient (Wildman–Crippen LogP) is 1.94. The SMILES string of the molecule is CC(C)(C)OC1CC2CCC1CN2. The third-order valence-electron chi connectivity index (χ3n) is 3.10. The molecule has 0 aromatic heterocycles. The van der Waals surface area contributed by atoms with Crippen LogP contribution in [0.2, 0.25) is 0 Å². The molecule has 1 N–H and O–H groups in total. The average Bonchev–Trinajstić information content (AvgIpc) is 2.03. The molecule has 3 atom stereocenters. The van der Waals surface area contributed by atoms with Gasteiger partial charge in [-0.1, -0.05) is 0 Å². The maximum absolute atomic E-state index is 6.07. The summed E-state index contributed by atoms with van der Waals surface area (Å²) < 4.78 is 6.07. The molecular formula is C11H21NO. The number of ether oxygens (including phenoxy) is 1. The molecule has 76 valence electrons. The molecule has 3 rings (SSSR count). The van der Waals surface area contributed by atoms with Crippen molar-refractivity contribution in [2.45, 2.75) is 57.8 Å². The zero-order valence-corrected chi connectivity index (χ0v) is 8.97. The maximum Gasteiger partial charge on any atom is 0.0637 e. The first-order valence-electron chi connectivity index (χ1n) is 5.46. The lowest BCUT2D eigenvalue weighted by Gasteiger charge is -2.45. The van der Waals surface area contributed by atoms with Gasteiger partial charge in [0, 0.05) is 12.6 Å². The summed E-state index contributed by atoms with van der Waals surface area (Å²) in [4.78, 5) is 0. The monoisotopic (exact) mass is 183 g/mol. The Bertz CT molecular complexity index is 177. The van der Waals surface area contributed by atoms with E-state index in [1.54, 1.807) is 0 Å². The lowest BCUT2D eigenvalue weighted by atomic mass is 9.79. The fourth-order valence-corrected chi connectivity index (χ4v) is 2.53. The highest BCUT2D eigenvalue weighted by molar-refractivity contribution is 4.92. The molecule has 0 aromatic rings. The average molecular weight is 183 g/mol. The second-order valence-corrected chi connectivity index (χ2v) is 5.45. The zero-order valence-electron chi connectivity index (χ0n) is 8.97. The Morgan fingerprint density at radius 2 is 2.00 bits per heavy atom. The number of fused-ring (bicyclic) bond motifs is 3. The first-order valence-corrected chi connectivity index (χ1v) is 5.46. The number of rotatable bonds is 1. The van der Waals surface area contributed by atoms with Crippen molar-refractivity contribution in [3.8, 4) is 0 Å². The Kier molecular flexibility index (Phi) is 2.37. The third-order valence-corrected chi connectivity index (χ3v) is 3.10. The van der Waals surface area contributed by atoms with Crippen molar-refractivity contribution in [3.05, 3.63) is 0 Å². The minimum absolute atomic E-state index is 0.0299. The van der Waals surface area contributed by atoms with Crippen LogP contribution >= 0.6 is 0 Å². The van der Waals surface area contributed by atoms with E-state index in [1.807, 2.05) is 0 Å². The Balaban J connectivity index is 1.94. The summed E-state index contributed by atoms with van der Waals surface area (Å²) in [6.45, 7) is 7.64. The van der Waals surface area contributed by atoms with Gasteiger partial charge in [-0.05, 0) is 46.0 Å². The van der Waals surface area contributed by atoms with Gasteiger partial charge in [0.1, 0.15) is 0 Å². The van der Waals surface area contributed by atoms with Crippen molar-refractivity contribution in [1.82, 2.24) is 5.32 Å². The molecule has 2 heterocycles. The molecule has 0 amide bonds. The highest BCUT2D eigenvalue weighted by Crippen LogP contribution is 2.33. The van der Waals surface area contributed by atoms with Gasteiger partial charge >= 0.3 is 0 Å². The standard InChI is InChI=1S/C11H21NO/c1-11(2,3)13-10-6-9-5-4-8(10)7-12-9/h8-10,12H,4-7H2,1-3H3. The van der Waals surface area contributed by atoms with Crippen molar-refractivity contribution in [2.75, 3.05) is 6.54 Å². The molecule has 2 bridgehead atoms. The van der Waals surface area contributed by atoms with E-state index in [2.05, 4.69) is 26.1 Å². The Morgan fingerprint density at radius 3 is 2.38 bits per heavy atom. The largest absolute Gasteiger partial charge is 0.372 e. The van der Waals surface area contributed by atoms with Crippen LogP contribution in [0.25, 0.3) is 0 Å². The minimum atomic E-state index is 0.0299. The van der Waals surface area contributed by atoms with Gasteiger partial charge < -0.3 is 10.1 Å². The van der Waals surface area contributed by atoms with Gasteiger partial charge in [-0.3, -0.25) is 0 Å². The van der Waals surface area contributed by atoms with Crippen LogP contribution < -0.4 is 5.32 Å². The summed E-state index contributed by atoms with van der Waals surface area (Å²) in [7, 11) is 0. The van der Waals surface area contributed by atoms with Crippen LogP contribution in [-0.2, 0) is 4.74 Å². The maximum atomic E-state index is 6.07. The quantitative estimate of drug-likeness (QED) is 0.671. The van der Waals surface area contributed by atoms with Crippen LogP contribution in [0.5, 0.6) is 0 Å². The molecule has 1 aliphatic carbocycles. The van der Waals surface area contributed by atoms with Gasteiger partial charge in [-0.25, -0.2) is 0 Å². The summed E-state index contributed by atoms with van der Waals surface area (Å²) in [6.07, 6.45) is 4.45. The van der Waals surface area contributed by atoms with Crippen molar-refractivity contribution in [3.63, 3.8) is 0 Å². The van der Waals surface area contributed by atoms with Gasteiger partial charge in [-0.15, -0.1) is 0 Å². The molecule has 13 heavy (non-hydrogen) atoms. The second kappa shape index (κ2) is 3.25. The van der Waals surface area contributed by atoms with Gasteiger partial charge in [0.2, 0.25) is 0 Å². The molecule has 0 spiro atoms. The van der Waals surface area contributed by atoms with Gasteiger partial charge in [0.15, 0.2) is 0 Å². The molecule has 2 heteroatoms. The lowest BCUT2D eigenvalue weighted by Crippen LogP contribution is -2.53. The van der Waals surface area contributed by atoms with Crippen LogP contribution in [-0.4, -0.2) is 24.3 Å². The van der Waals surface area contributed by atoms with Crippen LogP contribution in [0.1, 0.15) is 40.0 Å². The fourth-order valence-electron chi connectivity index (χ4n) is 2.53. The summed E-state index contributed by atoms with van der Waals surface area (Å²) in [6, 6.07) is 0.734. The smallest absolute Gasteiger partial charge is 0.0637 e. The summed E-state index contributed by atoms with van der Waals surface area (Å²) in [5.74, 6) is 0.768. The Morgan fingerprint density at radius 1 is 1.23 bits per heavy atom. The summed E-state index contributed by atoms with van der Waals surface area (Å²) >= 11 is 0. The number of hydrogen-bond acceptors (Lipinski definition) is 2. The molecule has 2 aliphatic heterocycles. The van der Waals surface area contributed by atoms with E-state index in [9.17, 15) is 0 Å². The molecule has 2 nitrogen and oxygen atoms in total. The molecule has 3 unspecified atom stereocenters. The molecule has 3 fully saturated rings. The van der Waals surface area contributed by atoms with Crippen molar-refractivity contribution < 1.29 is 4.74 Å². The molecular weight excluding hydrogens is 162 g/mol. The normalized spacial score (nSPS) is 39.5. The number of piperidine rings is 2. The van der Waals surface area contributed by atoms with Crippen LogP contribution in [0, 0.1) is 5.92 Å². The lowest BCUT2D eigenvalue weighted by molar-refractivity contribution is -0.114. The number of nitrogens with one attached hydrogen (secondary N) is 1. The van der Waals surface area contributed by atoms with E-state index < -0.39 is 0 Å². The van der Waals surface area contributed by atoms with Gasteiger partial charge in [0.05, 0.1) is 11.7 Å². The van der Waals surface area contributed by atoms with Crippen molar-refractivity contribution >= 4 is 0 Å². The van der Waals surface area contributed by atoms with E-state index in [1.165, 1.54) is 25.8 Å². The van der Waals surface area contributed by atoms with E-state index >= 15 is 0 Å². The minimum Gasteiger partial charge on any atom is -0.372 e. The summed E-state index contributed by atoms with van der Waals surface area (Å²) in [5, 5.41) is 3.55.